The van der Waals surface area contributed by atoms with Crippen molar-refractivity contribution in [1.82, 2.24) is 5.32 Å². The van der Waals surface area contributed by atoms with Crippen LogP contribution in [-0.2, 0) is 5.54 Å². The first-order valence-electron chi connectivity index (χ1n) is 14.1. The molecule has 0 aromatic heterocycles. The van der Waals surface area contributed by atoms with Gasteiger partial charge in [0.05, 0.1) is 0 Å². The van der Waals surface area contributed by atoms with Crippen LogP contribution in [0.25, 0.3) is 0 Å². The first kappa shape index (κ1) is 29.2. The molecule has 0 aliphatic rings. The number of hydrogen-bond donors (Lipinski definition) is 2. The normalized spacial score (nSPS) is 12.9. The van der Waals surface area contributed by atoms with E-state index < -0.39 is 0 Å². The molecule has 1 aromatic carbocycles. The van der Waals surface area contributed by atoms with Gasteiger partial charge in [-0.15, -0.1) is 0 Å². The molecule has 0 saturated carbocycles. The minimum Gasteiger partial charge on any atom is -0.322 e. The van der Waals surface area contributed by atoms with Crippen LogP contribution in [0.1, 0.15) is 154 Å². The van der Waals surface area contributed by atoms with Crippen LogP contribution in [0.15, 0.2) is 24.3 Å². The number of hydrogen-bond acceptors (Lipinski definition) is 2. The molecule has 0 bridgehead atoms. The maximum Gasteiger partial charge on any atom is 0.0355 e. The molecule has 2 heteroatoms. The number of rotatable bonds is 21. The number of unbranched alkanes of at least 4 members (excludes halogenated alkanes) is 15. The molecule has 0 saturated heterocycles. The third-order valence-electron chi connectivity index (χ3n) is 6.86. The fourth-order valence-electron chi connectivity index (χ4n) is 4.81. The molecule has 1 rings (SSSR count). The van der Waals surface area contributed by atoms with Gasteiger partial charge in [-0.25, -0.2) is 0 Å². The number of nitrogens with one attached hydrogen (secondary N) is 1. The molecule has 0 spiro atoms. The molecule has 1 atom stereocenters. The molecule has 3 N–H and O–H groups in total. The number of nitrogens with two attached hydrogens (primary N) is 1. The van der Waals surface area contributed by atoms with Gasteiger partial charge in [0.2, 0.25) is 0 Å². The molecule has 1 aromatic rings. The Morgan fingerprint density at radius 3 is 1.56 bits per heavy atom. The highest BCUT2D eigenvalue weighted by Crippen LogP contribution is 2.28. The van der Waals surface area contributed by atoms with Gasteiger partial charge in [0.25, 0.3) is 0 Å². The van der Waals surface area contributed by atoms with Crippen LogP contribution in [0.2, 0.25) is 0 Å². The maximum atomic E-state index is 6.42. The van der Waals surface area contributed by atoms with Gasteiger partial charge in [-0.1, -0.05) is 134 Å². The highest BCUT2D eigenvalue weighted by molar-refractivity contribution is 5.34. The van der Waals surface area contributed by atoms with E-state index in [0.29, 0.717) is 6.04 Å². The lowest BCUT2D eigenvalue weighted by Gasteiger charge is -2.27. The molecular weight excluding hydrogens is 388 g/mol. The van der Waals surface area contributed by atoms with Crippen LogP contribution in [0.4, 0.5) is 0 Å². The maximum absolute atomic E-state index is 6.42. The van der Waals surface area contributed by atoms with Gasteiger partial charge < -0.3 is 11.1 Å². The predicted molar refractivity (Wildman–Crippen MR) is 144 cm³/mol. The van der Waals surface area contributed by atoms with Crippen molar-refractivity contribution >= 4 is 0 Å². The lowest BCUT2D eigenvalue weighted by molar-refractivity contribution is 0.472. The average Bonchev–Trinajstić information content (AvgIpc) is 2.78. The van der Waals surface area contributed by atoms with Crippen molar-refractivity contribution in [1.29, 1.82) is 0 Å². The lowest BCUT2D eigenvalue weighted by atomic mass is 9.87. The summed E-state index contributed by atoms with van der Waals surface area (Å²) in [7, 11) is 0. The molecule has 0 amide bonds. The molecule has 2 nitrogen and oxygen atoms in total. The smallest absolute Gasteiger partial charge is 0.0355 e. The summed E-state index contributed by atoms with van der Waals surface area (Å²) in [4.78, 5) is 0. The lowest BCUT2D eigenvalue weighted by Crippen LogP contribution is -2.32. The zero-order valence-corrected chi connectivity index (χ0v) is 22.2. The Kier molecular flexibility index (Phi) is 16.9. The molecule has 186 valence electrons. The van der Waals surface area contributed by atoms with Gasteiger partial charge >= 0.3 is 0 Å². The minimum atomic E-state index is -0.292. The zero-order valence-electron chi connectivity index (χ0n) is 22.2. The quantitative estimate of drug-likeness (QED) is 0.185. The average molecular weight is 445 g/mol. The third-order valence-corrected chi connectivity index (χ3v) is 6.86. The summed E-state index contributed by atoms with van der Waals surface area (Å²) in [6, 6.07) is 9.09. The second-order valence-corrected chi connectivity index (χ2v) is 10.5. The zero-order chi connectivity index (χ0) is 23.5. The Labute approximate surface area is 201 Å². The van der Waals surface area contributed by atoms with Crippen LogP contribution in [0.3, 0.4) is 0 Å². The second-order valence-electron chi connectivity index (χ2n) is 10.5. The van der Waals surface area contributed by atoms with Gasteiger partial charge in [-0.2, -0.15) is 0 Å². The summed E-state index contributed by atoms with van der Waals surface area (Å²) in [5, 5.41) is 3.79. The van der Waals surface area contributed by atoms with Crippen molar-refractivity contribution in [3.8, 4) is 0 Å². The van der Waals surface area contributed by atoms with Crippen LogP contribution < -0.4 is 11.1 Å². The fourth-order valence-corrected chi connectivity index (χ4v) is 4.81. The van der Waals surface area contributed by atoms with Crippen molar-refractivity contribution in [2.75, 3.05) is 6.54 Å². The Hall–Kier alpha value is -0.860. The summed E-state index contributed by atoms with van der Waals surface area (Å²) >= 11 is 0. The Morgan fingerprint density at radius 2 is 1.12 bits per heavy atom. The summed E-state index contributed by atoms with van der Waals surface area (Å²) < 4.78 is 0. The van der Waals surface area contributed by atoms with E-state index in [4.69, 9.17) is 5.73 Å². The predicted octanol–water partition coefficient (Wildman–Crippen LogP) is 9.18. The second kappa shape index (κ2) is 18.6. The van der Waals surface area contributed by atoms with Gasteiger partial charge in [0.15, 0.2) is 0 Å². The van der Waals surface area contributed by atoms with Gasteiger partial charge in [-0.3, -0.25) is 0 Å². The summed E-state index contributed by atoms with van der Waals surface area (Å²) in [6.07, 6.45) is 23.9. The van der Waals surface area contributed by atoms with E-state index in [2.05, 4.69) is 57.3 Å². The van der Waals surface area contributed by atoms with Gasteiger partial charge in [0.1, 0.15) is 0 Å². The monoisotopic (exact) mass is 444 g/mol. The van der Waals surface area contributed by atoms with Crippen molar-refractivity contribution in [2.45, 2.75) is 148 Å². The van der Waals surface area contributed by atoms with Gasteiger partial charge in [0, 0.05) is 11.6 Å². The van der Waals surface area contributed by atoms with E-state index in [9.17, 15) is 0 Å². The number of benzene rings is 1. The van der Waals surface area contributed by atoms with Crippen molar-refractivity contribution < 1.29 is 0 Å². The Bertz CT molecular complexity index is 546. The van der Waals surface area contributed by atoms with Crippen LogP contribution in [0, 0.1) is 0 Å². The standard InChI is InChI=1S/C30H56N2/c1-5-7-8-9-10-11-12-13-14-15-16-17-18-19-20-23-26-32-29(6-2)27-24-21-22-25-28(27)30(3,4)31/h21-22,24-25,29,32H,5-20,23,26,31H2,1-4H3. The molecule has 1 unspecified atom stereocenters. The highest BCUT2D eigenvalue weighted by atomic mass is 14.9. The summed E-state index contributed by atoms with van der Waals surface area (Å²) in [5.74, 6) is 0. The SMILES string of the molecule is CCCCCCCCCCCCCCCCCCNC(CC)c1ccccc1C(C)(C)N. The van der Waals surface area contributed by atoms with Crippen molar-refractivity contribution in [3.05, 3.63) is 35.4 Å². The molecule has 0 aliphatic heterocycles. The molecule has 32 heavy (non-hydrogen) atoms. The van der Waals surface area contributed by atoms with Crippen molar-refractivity contribution in [3.63, 3.8) is 0 Å². The van der Waals surface area contributed by atoms with E-state index in [0.717, 1.165) is 13.0 Å². The summed E-state index contributed by atoms with van der Waals surface area (Å²) in [5.41, 5.74) is 8.77. The molecule has 0 radical (unpaired) electrons. The first-order valence-corrected chi connectivity index (χ1v) is 14.1. The van der Waals surface area contributed by atoms with E-state index >= 15 is 0 Å². The van der Waals surface area contributed by atoms with Crippen LogP contribution in [0.5, 0.6) is 0 Å². The molecule has 0 aliphatic carbocycles. The minimum absolute atomic E-state index is 0.292. The Balaban J connectivity index is 2.00. The molecule has 0 heterocycles. The molecular formula is C30H56N2. The van der Waals surface area contributed by atoms with E-state index in [1.165, 1.54) is 114 Å². The fraction of sp³-hybridized carbons (Fsp3) is 0.800. The van der Waals surface area contributed by atoms with E-state index in [1.807, 2.05) is 0 Å². The van der Waals surface area contributed by atoms with Gasteiger partial charge in [-0.05, 0) is 44.4 Å². The highest BCUT2D eigenvalue weighted by Gasteiger charge is 2.21. The summed E-state index contributed by atoms with van der Waals surface area (Å²) in [6.45, 7) is 9.88. The van der Waals surface area contributed by atoms with E-state index in [-0.39, 0.29) is 5.54 Å². The Morgan fingerprint density at radius 1 is 0.688 bits per heavy atom. The topological polar surface area (TPSA) is 38.0 Å². The van der Waals surface area contributed by atoms with Crippen LogP contribution >= 0.6 is 0 Å². The van der Waals surface area contributed by atoms with E-state index in [1.54, 1.807) is 0 Å². The molecule has 0 fully saturated rings. The first-order chi connectivity index (χ1) is 15.5. The largest absolute Gasteiger partial charge is 0.322 e. The van der Waals surface area contributed by atoms with Crippen molar-refractivity contribution in [2.24, 2.45) is 5.73 Å². The van der Waals surface area contributed by atoms with Crippen LogP contribution in [-0.4, -0.2) is 6.54 Å². The third kappa shape index (κ3) is 13.6.